The Morgan fingerprint density at radius 1 is 0.875 bits per heavy atom. The van der Waals surface area contributed by atoms with Crippen LogP contribution < -0.4 is 14.4 Å². The van der Waals surface area contributed by atoms with Gasteiger partial charge in [0.1, 0.15) is 24.2 Å². The highest BCUT2D eigenvalue weighted by Crippen LogP contribution is 2.33. The normalized spacial score (nSPS) is 12.2. The smallest absolute Gasteiger partial charge is 0.264 e. The van der Waals surface area contributed by atoms with Gasteiger partial charge in [-0.15, -0.1) is 11.8 Å². The van der Waals surface area contributed by atoms with Crippen LogP contribution in [-0.2, 0) is 32.6 Å². The number of ether oxygens (including phenoxy) is 1. The first-order valence-electron chi connectivity index (χ1n) is 15.6. The van der Waals surface area contributed by atoms with Crippen LogP contribution in [0.5, 0.6) is 5.75 Å². The fraction of sp³-hybridized carbons (Fsp3) is 0.297. The molecule has 0 aliphatic heterocycles. The number of carbonyl (C=O) groups is 2. The quantitative estimate of drug-likeness (QED) is 0.148. The first-order chi connectivity index (χ1) is 22.8. The second-order valence-electron chi connectivity index (χ2n) is 12.2. The Hall–Kier alpha value is -4.35. The summed E-state index contributed by atoms with van der Waals surface area (Å²) in [5.74, 6) is -1.19. The maximum atomic E-state index is 14.7. The van der Waals surface area contributed by atoms with Crippen molar-refractivity contribution in [2.45, 2.75) is 62.0 Å². The molecule has 48 heavy (non-hydrogen) atoms. The van der Waals surface area contributed by atoms with Crippen molar-refractivity contribution in [2.24, 2.45) is 0 Å². The summed E-state index contributed by atoms with van der Waals surface area (Å²) in [6.07, 6.45) is 2.05. The van der Waals surface area contributed by atoms with Gasteiger partial charge in [-0.1, -0.05) is 54.6 Å². The number of anilines is 1. The van der Waals surface area contributed by atoms with Crippen molar-refractivity contribution in [1.82, 2.24) is 10.2 Å². The molecule has 254 valence electrons. The number of halogens is 1. The van der Waals surface area contributed by atoms with Gasteiger partial charge in [-0.25, -0.2) is 12.8 Å². The predicted molar refractivity (Wildman–Crippen MR) is 189 cm³/mol. The minimum atomic E-state index is -4.31. The van der Waals surface area contributed by atoms with Crippen LogP contribution in [0.1, 0.15) is 38.8 Å². The van der Waals surface area contributed by atoms with Gasteiger partial charge in [0.2, 0.25) is 11.8 Å². The second-order valence-corrected chi connectivity index (χ2v) is 14.9. The Bertz CT molecular complexity index is 1780. The molecule has 1 N–H and O–H groups in total. The molecule has 0 radical (unpaired) electrons. The van der Waals surface area contributed by atoms with E-state index >= 15 is 0 Å². The summed E-state index contributed by atoms with van der Waals surface area (Å²) in [5, 5.41) is 3.00. The maximum absolute atomic E-state index is 14.7. The average Bonchev–Trinajstić information content (AvgIpc) is 3.06. The lowest BCUT2D eigenvalue weighted by Crippen LogP contribution is -2.56. The lowest BCUT2D eigenvalue weighted by Gasteiger charge is -2.35. The molecule has 0 aliphatic rings. The van der Waals surface area contributed by atoms with E-state index in [0.717, 1.165) is 14.8 Å². The first kappa shape index (κ1) is 36.5. The third-order valence-corrected chi connectivity index (χ3v) is 9.91. The molecule has 0 saturated heterocycles. The fourth-order valence-electron chi connectivity index (χ4n) is 5.12. The Kier molecular flexibility index (Phi) is 12.3. The zero-order chi connectivity index (χ0) is 34.9. The van der Waals surface area contributed by atoms with E-state index in [1.165, 1.54) is 40.9 Å². The van der Waals surface area contributed by atoms with Crippen molar-refractivity contribution in [3.05, 3.63) is 120 Å². The number of nitrogens with one attached hydrogen (secondary N) is 1. The summed E-state index contributed by atoms with van der Waals surface area (Å²) in [6, 6.07) is 27.0. The highest BCUT2D eigenvalue weighted by molar-refractivity contribution is 7.98. The first-order valence-corrected chi connectivity index (χ1v) is 18.3. The Labute approximate surface area is 287 Å². The summed E-state index contributed by atoms with van der Waals surface area (Å²) in [4.78, 5) is 30.9. The van der Waals surface area contributed by atoms with Crippen LogP contribution in [-0.4, -0.2) is 56.1 Å². The zero-order valence-corrected chi connectivity index (χ0v) is 29.5. The average molecular weight is 692 g/mol. The van der Waals surface area contributed by atoms with Gasteiger partial charge < -0.3 is 15.0 Å². The molecule has 0 saturated carbocycles. The molecular weight excluding hydrogens is 650 g/mol. The summed E-state index contributed by atoms with van der Waals surface area (Å²) < 4.78 is 49.6. The second kappa shape index (κ2) is 16.2. The van der Waals surface area contributed by atoms with Crippen LogP contribution in [0.2, 0.25) is 0 Å². The monoisotopic (exact) mass is 691 g/mol. The predicted octanol–water partition coefficient (Wildman–Crippen LogP) is 6.70. The number of carbonyl (C=O) groups excluding carboxylic acids is 2. The van der Waals surface area contributed by atoms with E-state index in [9.17, 15) is 22.4 Å². The summed E-state index contributed by atoms with van der Waals surface area (Å²) >= 11 is 1.48. The fourth-order valence-corrected chi connectivity index (χ4v) is 6.96. The van der Waals surface area contributed by atoms with E-state index in [0.29, 0.717) is 5.56 Å². The Balaban J connectivity index is 1.85. The molecule has 0 unspecified atom stereocenters. The van der Waals surface area contributed by atoms with Gasteiger partial charge in [-0.2, -0.15) is 0 Å². The lowest BCUT2D eigenvalue weighted by atomic mass is 10.0. The number of hydrogen-bond donors (Lipinski definition) is 1. The molecule has 2 amide bonds. The van der Waals surface area contributed by atoms with E-state index in [1.807, 2.05) is 57.4 Å². The number of amides is 2. The van der Waals surface area contributed by atoms with Crippen LogP contribution in [0.15, 0.2) is 113 Å². The standard InChI is InChI=1S/C37H42FN3O5S2/c1-6-46-34-15-11-10-14-32(34)41(48(44,45)31-22-20-30(47-5)21-23-31)26-35(42)40(25-28-16-18-29(38)19-17-28)33(36(43)39-37(2,3)4)24-27-12-8-7-9-13-27/h7-23,33H,6,24-26H2,1-5H3,(H,39,43)/t33-/m1/s1. The molecule has 0 heterocycles. The molecular formula is C37H42FN3O5S2. The molecule has 4 aromatic carbocycles. The SMILES string of the molecule is CCOc1ccccc1N(CC(=O)N(Cc1ccc(F)cc1)[C@H](Cc1ccccc1)C(=O)NC(C)(C)C)S(=O)(=O)c1ccc(SC)cc1. The van der Waals surface area contributed by atoms with Crippen molar-refractivity contribution in [3.63, 3.8) is 0 Å². The number of benzene rings is 4. The van der Waals surface area contributed by atoms with Crippen molar-refractivity contribution in [2.75, 3.05) is 23.7 Å². The number of para-hydroxylation sites is 2. The molecule has 11 heteroatoms. The van der Waals surface area contributed by atoms with Gasteiger partial charge in [-0.3, -0.25) is 13.9 Å². The van der Waals surface area contributed by atoms with Crippen LogP contribution in [0.3, 0.4) is 0 Å². The van der Waals surface area contributed by atoms with Gasteiger partial charge in [0.15, 0.2) is 0 Å². The summed E-state index contributed by atoms with van der Waals surface area (Å²) in [6.45, 7) is 6.88. The summed E-state index contributed by atoms with van der Waals surface area (Å²) in [5.41, 5.74) is 0.944. The molecule has 0 bridgehead atoms. The molecule has 4 aromatic rings. The van der Waals surface area contributed by atoms with Crippen molar-refractivity contribution in [3.8, 4) is 5.75 Å². The molecule has 4 rings (SSSR count). The minimum absolute atomic E-state index is 0.00389. The van der Waals surface area contributed by atoms with E-state index in [2.05, 4.69) is 5.32 Å². The van der Waals surface area contributed by atoms with Crippen LogP contribution >= 0.6 is 11.8 Å². The van der Waals surface area contributed by atoms with Crippen LogP contribution in [0.25, 0.3) is 0 Å². The molecule has 8 nitrogen and oxygen atoms in total. The van der Waals surface area contributed by atoms with E-state index in [-0.39, 0.29) is 35.9 Å². The Morgan fingerprint density at radius 3 is 2.10 bits per heavy atom. The topological polar surface area (TPSA) is 96.0 Å². The number of sulfonamides is 1. The van der Waals surface area contributed by atoms with Crippen LogP contribution in [0, 0.1) is 5.82 Å². The van der Waals surface area contributed by atoms with Gasteiger partial charge in [0, 0.05) is 23.4 Å². The third-order valence-electron chi connectivity index (χ3n) is 7.40. The highest BCUT2D eigenvalue weighted by atomic mass is 32.2. The number of thioether (sulfide) groups is 1. The Morgan fingerprint density at radius 2 is 1.50 bits per heavy atom. The number of nitrogens with zero attached hydrogens (tertiary/aromatic N) is 2. The van der Waals surface area contributed by atoms with E-state index < -0.39 is 45.8 Å². The third kappa shape index (κ3) is 9.60. The number of rotatable bonds is 14. The molecule has 1 atom stereocenters. The van der Waals surface area contributed by atoms with Gasteiger partial charge in [0.05, 0.1) is 17.2 Å². The molecule has 0 aliphatic carbocycles. The van der Waals surface area contributed by atoms with Crippen molar-refractivity contribution < 1.29 is 27.1 Å². The largest absolute Gasteiger partial charge is 0.492 e. The maximum Gasteiger partial charge on any atom is 0.264 e. The van der Waals surface area contributed by atoms with Crippen molar-refractivity contribution in [1.29, 1.82) is 0 Å². The minimum Gasteiger partial charge on any atom is -0.492 e. The van der Waals surface area contributed by atoms with Crippen LogP contribution in [0.4, 0.5) is 10.1 Å². The molecule has 0 fully saturated rings. The van der Waals surface area contributed by atoms with Crippen molar-refractivity contribution >= 4 is 39.3 Å². The highest BCUT2D eigenvalue weighted by Gasteiger charge is 2.36. The zero-order valence-electron chi connectivity index (χ0n) is 27.9. The number of hydrogen-bond acceptors (Lipinski definition) is 6. The van der Waals surface area contributed by atoms with Gasteiger partial charge >= 0.3 is 0 Å². The van der Waals surface area contributed by atoms with E-state index in [4.69, 9.17) is 4.74 Å². The summed E-state index contributed by atoms with van der Waals surface area (Å²) in [7, 11) is -4.31. The van der Waals surface area contributed by atoms with Gasteiger partial charge in [-0.05, 0) is 93.6 Å². The van der Waals surface area contributed by atoms with E-state index in [1.54, 1.807) is 55.5 Å². The molecule has 0 aromatic heterocycles. The molecule has 0 spiro atoms. The lowest BCUT2D eigenvalue weighted by molar-refractivity contribution is -0.140. The van der Waals surface area contributed by atoms with Gasteiger partial charge in [0.25, 0.3) is 10.0 Å².